The Labute approximate surface area is 113 Å². The van der Waals surface area contributed by atoms with E-state index in [0.29, 0.717) is 24.5 Å². The number of anilines is 1. The molecule has 1 aromatic rings. The molecule has 0 bridgehead atoms. The minimum absolute atomic E-state index is 0.0130. The van der Waals surface area contributed by atoms with Gasteiger partial charge in [0, 0.05) is 12.6 Å². The van der Waals surface area contributed by atoms with Gasteiger partial charge in [-0.3, -0.25) is 4.99 Å². The molecule has 0 amide bonds. The smallest absolute Gasteiger partial charge is 0.239 e. The Morgan fingerprint density at radius 2 is 2.11 bits per heavy atom. The summed E-state index contributed by atoms with van der Waals surface area (Å²) < 4.78 is 6.19. The molecule has 0 saturated carbocycles. The summed E-state index contributed by atoms with van der Waals surface area (Å²) in [6.45, 7) is 5.41. The summed E-state index contributed by atoms with van der Waals surface area (Å²) >= 11 is 0. The van der Waals surface area contributed by atoms with Crippen LogP contribution in [-0.4, -0.2) is 28.1 Å². The van der Waals surface area contributed by atoms with Crippen LogP contribution < -0.4 is 16.0 Å². The van der Waals surface area contributed by atoms with Crippen LogP contribution in [0.1, 0.15) is 46.0 Å². The molecular formula is C13H24N4O2. The summed E-state index contributed by atoms with van der Waals surface area (Å²) in [5.74, 6) is 0.387. The summed E-state index contributed by atoms with van der Waals surface area (Å²) in [7, 11) is 0. The molecule has 0 aliphatic rings. The third kappa shape index (κ3) is 5.19. The Morgan fingerprint density at radius 3 is 2.79 bits per heavy atom. The van der Waals surface area contributed by atoms with E-state index in [1.165, 1.54) is 12.8 Å². The predicted molar refractivity (Wildman–Crippen MR) is 74.2 cm³/mol. The summed E-state index contributed by atoms with van der Waals surface area (Å²) in [5.41, 5.74) is 5.99. The quantitative estimate of drug-likeness (QED) is 0.557. The molecule has 0 saturated heterocycles. The third-order valence-corrected chi connectivity index (χ3v) is 2.65. The second kappa shape index (κ2) is 8.39. The third-order valence-electron chi connectivity index (χ3n) is 2.65. The molecule has 108 valence electrons. The van der Waals surface area contributed by atoms with Crippen LogP contribution in [0.5, 0.6) is 5.88 Å². The number of nitrogens with two attached hydrogens (primary N) is 1. The van der Waals surface area contributed by atoms with Gasteiger partial charge < -0.3 is 15.7 Å². The Balaban J connectivity index is 2.74. The van der Waals surface area contributed by atoms with E-state index in [2.05, 4.69) is 16.9 Å². The Bertz CT molecular complexity index is 443. The van der Waals surface area contributed by atoms with Crippen molar-refractivity contribution in [2.24, 2.45) is 4.99 Å². The van der Waals surface area contributed by atoms with Gasteiger partial charge in [-0.15, -0.1) is 4.73 Å². The molecule has 3 N–H and O–H groups in total. The number of aromatic nitrogens is 2. The summed E-state index contributed by atoms with van der Waals surface area (Å²) in [6, 6.07) is 1.60. The average molecular weight is 268 g/mol. The number of unbranched alkanes of at least 4 members (excludes halogenated alkanes) is 3. The molecule has 0 aliphatic heterocycles. The maximum absolute atomic E-state index is 9.73. The predicted octanol–water partition coefficient (Wildman–Crippen LogP) is 1.97. The Kier molecular flexibility index (Phi) is 6.78. The van der Waals surface area contributed by atoms with Crippen molar-refractivity contribution in [2.75, 3.05) is 18.9 Å². The normalized spacial score (nSPS) is 11.8. The fourth-order valence-electron chi connectivity index (χ4n) is 1.61. The maximum atomic E-state index is 9.73. The van der Waals surface area contributed by atoms with Crippen molar-refractivity contribution in [3.05, 3.63) is 11.6 Å². The van der Waals surface area contributed by atoms with Gasteiger partial charge in [-0.2, -0.15) is 4.98 Å². The van der Waals surface area contributed by atoms with E-state index < -0.39 is 0 Å². The van der Waals surface area contributed by atoms with E-state index in [1.807, 2.05) is 6.92 Å². The molecule has 6 heteroatoms. The largest absolute Gasteiger partial charge is 0.477 e. The van der Waals surface area contributed by atoms with Gasteiger partial charge in [-0.1, -0.05) is 33.1 Å². The standard InChI is InChI=1S/C13H24N4O2/c1-3-5-6-7-8-15-11-10-12(19-9-4-2)16-13(14)17(11)18/h10,18H,3-9H2,1-2H3,(H2,14,16). The molecule has 6 nitrogen and oxygen atoms in total. The van der Waals surface area contributed by atoms with Gasteiger partial charge in [-0.25, -0.2) is 0 Å². The van der Waals surface area contributed by atoms with Crippen molar-refractivity contribution in [1.29, 1.82) is 0 Å². The first kappa shape index (κ1) is 15.3. The van der Waals surface area contributed by atoms with E-state index in [4.69, 9.17) is 10.5 Å². The SMILES string of the molecule is CCCCCCN=c1cc(OCCC)nc(N)n1O. The van der Waals surface area contributed by atoms with E-state index in [1.54, 1.807) is 6.07 Å². The van der Waals surface area contributed by atoms with Crippen LogP contribution >= 0.6 is 0 Å². The van der Waals surface area contributed by atoms with Gasteiger partial charge in [0.2, 0.25) is 11.8 Å². The number of hydrogen-bond acceptors (Lipinski definition) is 5. The van der Waals surface area contributed by atoms with E-state index in [9.17, 15) is 5.21 Å². The first-order valence-electron chi connectivity index (χ1n) is 6.91. The van der Waals surface area contributed by atoms with Crippen molar-refractivity contribution in [2.45, 2.75) is 46.0 Å². The highest BCUT2D eigenvalue weighted by molar-refractivity contribution is 5.21. The summed E-state index contributed by atoms with van der Waals surface area (Å²) in [5, 5.41) is 9.73. The van der Waals surface area contributed by atoms with E-state index in [-0.39, 0.29) is 5.95 Å². The monoisotopic (exact) mass is 268 g/mol. The topological polar surface area (TPSA) is 85.7 Å². The number of rotatable bonds is 8. The molecule has 0 unspecified atom stereocenters. The van der Waals surface area contributed by atoms with Gasteiger partial charge in [0.25, 0.3) is 0 Å². The van der Waals surface area contributed by atoms with Gasteiger partial charge >= 0.3 is 0 Å². The van der Waals surface area contributed by atoms with Crippen LogP contribution in [0.25, 0.3) is 0 Å². The number of nitrogens with zero attached hydrogens (tertiary/aromatic N) is 3. The first-order valence-corrected chi connectivity index (χ1v) is 6.91. The van der Waals surface area contributed by atoms with Crippen molar-refractivity contribution in [3.63, 3.8) is 0 Å². The molecule has 0 fully saturated rings. The van der Waals surface area contributed by atoms with Crippen molar-refractivity contribution in [1.82, 2.24) is 9.71 Å². The molecule has 0 atom stereocenters. The van der Waals surface area contributed by atoms with E-state index >= 15 is 0 Å². The molecule has 1 aromatic heterocycles. The van der Waals surface area contributed by atoms with Gasteiger partial charge in [0.05, 0.1) is 6.61 Å². The number of ether oxygens (including phenoxy) is 1. The van der Waals surface area contributed by atoms with Crippen LogP contribution in [0.3, 0.4) is 0 Å². The Hall–Kier alpha value is -1.72. The van der Waals surface area contributed by atoms with Crippen molar-refractivity contribution >= 4 is 5.95 Å². The van der Waals surface area contributed by atoms with Crippen LogP contribution in [0.4, 0.5) is 5.95 Å². The van der Waals surface area contributed by atoms with Crippen LogP contribution in [-0.2, 0) is 0 Å². The fourth-order valence-corrected chi connectivity index (χ4v) is 1.61. The highest BCUT2D eigenvalue weighted by Gasteiger charge is 2.03. The lowest BCUT2D eigenvalue weighted by atomic mass is 10.2. The lowest BCUT2D eigenvalue weighted by molar-refractivity contribution is 0.172. The summed E-state index contributed by atoms with van der Waals surface area (Å²) in [6.07, 6.45) is 5.43. The van der Waals surface area contributed by atoms with Crippen LogP contribution in [0, 0.1) is 0 Å². The lowest BCUT2D eigenvalue weighted by Gasteiger charge is -2.07. The number of hydrogen-bond donors (Lipinski definition) is 2. The lowest BCUT2D eigenvalue weighted by Crippen LogP contribution is -2.24. The average Bonchev–Trinajstić information content (AvgIpc) is 2.41. The van der Waals surface area contributed by atoms with E-state index in [0.717, 1.165) is 24.0 Å². The molecule has 0 aromatic carbocycles. The zero-order chi connectivity index (χ0) is 14.1. The Morgan fingerprint density at radius 1 is 1.32 bits per heavy atom. The zero-order valence-corrected chi connectivity index (χ0v) is 11.8. The molecule has 1 rings (SSSR count). The zero-order valence-electron chi connectivity index (χ0n) is 11.8. The molecule has 19 heavy (non-hydrogen) atoms. The van der Waals surface area contributed by atoms with Crippen molar-refractivity contribution in [3.8, 4) is 5.88 Å². The van der Waals surface area contributed by atoms with Crippen LogP contribution in [0.15, 0.2) is 11.1 Å². The van der Waals surface area contributed by atoms with Gasteiger partial charge in [0.1, 0.15) is 0 Å². The molecule has 1 heterocycles. The minimum atomic E-state index is -0.0130. The second-order valence-corrected chi connectivity index (χ2v) is 4.41. The van der Waals surface area contributed by atoms with Gasteiger partial charge in [0.15, 0.2) is 5.49 Å². The van der Waals surface area contributed by atoms with Gasteiger partial charge in [-0.05, 0) is 12.8 Å². The first-order chi connectivity index (χ1) is 9.19. The summed E-state index contributed by atoms with van der Waals surface area (Å²) in [4.78, 5) is 8.26. The molecule has 0 spiro atoms. The fraction of sp³-hybridized carbons (Fsp3) is 0.692. The highest BCUT2D eigenvalue weighted by Crippen LogP contribution is 2.05. The van der Waals surface area contributed by atoms with Crippen molar-refractivity contribution < 1.29 is 9.94 Å². The molecule has 0 aliphatic carbocycles. The highest BCUT2D eigenvalue weighted by atomic mass is 16.5. The van der Waals surface area contributed by atoms with Crippen LogP contribution in [0.2, 0.25) is 0 Å². The maximum Gasteiger partial charge on any atom is 0.239 e. The molecule has 0 radical (unpaired) electrons. The number of nitrogen functional groups attached to an aromatic ring is 1. The minimum Gasteiger partial charge on any atom is -0.477 e. The second-order valence-electron chi connectivity index (χ2n) is 4.41. The molecular weight excluding hydrogens is 244 g/mol.